The molecular weight excluding hydrogens is 280 g/mol. The van der Waals surface area contributed by atoms with Crippen LogP contribution in [0.15, 0.2) is 60.9 Å². The molecule has 0 saturated carbocycles. The van der Waals surface area contributed by atoms with Crippen LogP contribution in [0.25, 0.3) is 5.57 Å². The summed E-state index contributed by atoms with van der Waals surface area (Å²) in [4.78, 5) is 6.90. The van der Waals surface area contributed by atoms with E-state index in [0.717, 1.165) is 6.54 Å². The Labute approximate surface area is 138 Å². The van der Waals surface area contributed by atoms with Crippen LogP contribution in [0.4, 0.5) is 0 Å². The first-order chi connectivity index (χ1) is 11.3. The molecule has 2 heteroatoms. The van der Waals surface area contributed by atoms with Crippen LogP contribution in [-0.4, -0.2) is 23.0 Å². The van der Waals surface area contributed by atoms with Crippen molar-refractivity contribution in [1.29, 1.82) is 0 Å². The van der Waals surface area contributed by atoms with Gasteiger partial charge in [-0.05, 0) is 60.4 Å². The molecule has 118 valence electrons. The van der Waals surface area contributed by atoms with Crippen molar-refractivity contribution in [2.45, 2.75) is 32.2 Å². The Balaban J connectivity index is 1.41. The van der Waals surface area contributed by atoms with Crippen LogP contribution in [0.5, 0.6) is 0 Å². The van der Waals surface area contributed by atoms with Crippen molar-refractivity contribution in [3.05, 3.63) is 72.1 Å². The second-order valence-corrected chi connectivity index (χ2v) is 7.12. The van der Waals surface area contributed by atoms with Gasteiger partial charge in [-0.3, -0.25) is 9.88 Å². The Morgan fingerprint density at radius 3 is 2.70 bits per heavy atom. The van der Waals surface area contributed by atoms with Crippen LogP contribution in [0.1, 0.15) is 36.8 Å². The summed E-state index contributed by atoms with van der Waals surface area (Å²) >= 11 is 0. The minimum Gasteiger partial charge on any atom is -0.298 e. The van der Waals surface area contributed by atoms with Crippen molar-refractivity contribution in [3.63, 3.8) is 0 Å². The molecule has 1 aliphatic carbocycles. The summed E-state index contributed by atoms with van der Waals surface area (Å²) < 4.78 is 0. The highest BCUT2D eigenvalue weighted by molar-refractivity contribution is 5.65. The fourth-order valence-electron chi connectivity index (χ4n) is 4.13. The summed E-state index contributed by atoms with van der Waals surface area (Å²) in [7, 11) is 0. The van der Waals surface area contributed by atoms with Gasteiger partial charge in [-0.15, -0.1) is 0 Å². The van der Waals surface area contributed by atoms with E-state index in [-0.39, 0.29) is 0 Å². The molecule has 2 aromatic rings. The molecule has 23 heavy (non-hydrogen) atoms. The number of nitrogens with zero attached hydrogens (tertiary/aromatic N) is 2. The fourth-order valence-corrected chi connectivity index (χ4v) is 4.13. The Kier molecular flexibility index (Phi) is 4.00. The number of aromatic nitrogens is 1. The van der Waals surface area contributed by atoms with E-state index < -0.39 is 0 Å². The van der Waals surface area contributed by atoms with Gasteiger partial charge in [-0.2, -0.15) is 0 Å². The number of hydrogen-bond acceptors (Lipinski definition) is 2. The lowest BCUT2D eigenvalue weighted by Crippen LogP contribution is -2.28. The van der Waals surface area contributed by atoms with Crippen molar-refractivity contribution in [2.24, 2.45) is 5.41 Å². The zero-order chi connectivity index (χ0) is 15.5. The van der Waals surface area contributed by atoms with Crippen molar-refractivity contribution in [3.8, 4) is 0 Å². The maximum atomic E-state index is 4.26. The molecule has 0 unspecified atom stereocenters. The van der Waals surface area contributed by atoms with Gasteiger partial charge in [-0.25, -0.2) is 0 Å². The van der Waals surface area contributed by atoms with Crippen molar-refractivity contribution in [2.75, 3.05) is 13.1 Å². The summed E-state index contributed by atoms with van der Waals surface area (Å²) in [5.74, 6) is 0. The second kappa shape index (κ2) is 6.29. The first-order valence-corrected chi connectivity index (χ1v) is 8.69. The molecule has 1 fully saturated rings. The van der Waals surface area contributed by atoms with Crippen LogP contribution in [-0.2, 0) is 6.54 Å². The first kappa shape index (κ1) is 14.6. The highest BCUT2D eigenvalue weighted by Crippen LogP contribution is 2.45. The van der Waals surface area contributed by atoms with Gasteiger partial charge in [-0.1, -0.05) is 42.5 Å². The monoisotopic (exact) mass is 304 g/mol. The highest BCUT2D eigenvalue weighted by atomic mass is 15.2. The Hall–Kier alpha value is -1.93. The first-order valence-electron chi connectivity index (χ1n) is 8.69. The topological polar surface area (TPSA) is 16.1 Å². The molecule has 1 aliphatic heterocycles. The van der Waals surface area contributed by atoms with Gasteiger partial charge in [0.15, 0.2) is 0 Å². The van der Waals surface area contributed by atoms with E-state index in [1.807, 2.05) is 18.5 Å². The predicted octanol–water partition coefficient (Wildman–Crippen LogP) is 4.54. The van der Waals surface area contributed by atoms with Crippen molar-refractivity contribution in [1.82, 2.24) is 9.88 Å². The third kappa shape index (κ3) is 3.23. The third-order valence-electron chi connectivity index (χ3n) is 5.50. The van der Waals surface area contributed by atoms with Gasteiger partial charge >= 0.3 is 0 Å². The summed E-state index contributed by atoms with van der Waals surface area (Å²) in [6, 6.07) is 15.1. The van der Waals surface area contributed by atoms with E-state index >= 15 is 0 Å². The number of allylic oxidation sites excluding steroid dienone is 2. The normalized spacial score (nSPS) is 24.8. The molecule has 0 bridgehead atoms. The second-order valence-electron chi connectivity index (χ2n) is 7.12. The van der Waals surface area contributed by atoms with Crippen LogP contribution < -0.4 is 0 Å². The fraction of sp³-hybridized carbons (Fsp3) is 0.381. The lowest BCUT2D eigenvalue weighted by Gasteiger charge is -2.33. The van der Waals surface area contributed by atoms with E-state index in [2.05, 4.69) is 52.4 Å². The average molecular weight is 304 g/mol. The van der Waals surface area contributed by atoms with Gasteiger partial charge in [0, 0.05) is 25.5 Å². The number of benzene rings is 1. The Morgan fingerprint density at radius 2 is 1.96 bits per heavy atom. The molecule has 2 aliphatic rings. The predicted molar refractivity (Wildman–Crippen MR) is 94.8 cm³/mol. The van der Waals surface area contributed by atoms with Gasteiger partial charge in [0.25, 0.3) is 0 Å². The third-order valence-corrected chi connectivity index (χ3v) is 5.50. The number of likely N-dealkylation sites (tertiary alicyclic amines) is 1. The standard InChI is InChI=1S/C21H24N2/c1-2-5-18(6-3-1)16-23-14-12-21(17-23)10-8-19(9-11-21)20-7-4-13-22-15-20/h1-8,13,15H,9-12,14,16-17H2/t21-/m1/s1. The quantitative estimate of drug-likeness (QED) is 0.827. The maximum Gasteiger partial charge on any atom is 0.0342 e. The summed E-state index contributed by atoms with van der Waals surface area (Å²) in [5, 5.41) is 0. The van der Waals surface area contributed by atoms with Gasteiger partial charge in [0.2, 0.25) is 0 Å². The summed E-state index contributed by atoms with van der Waals surface area (Å²) in [5.41, 5.74) is 4.75. The number of rotatable bonds is 3. The molecule has 2 nitrogen and oxygen atoms in total. The molecule has 0 radical (unpaired) electrons. The molecule has 4 rings (SSSR count). The molecule has 0 amide bonds. The van der Waals surface area contributed by atoms with Crippen LogP contribution >= 0.6 is 0 Å². The zero-order valence-corrected chi connectivity index (χ0v) is 13.6. The number of pyridine rings is 1. The van der Waals surface area contributed by atoms with Gasteiger partial charge in [0.1, 0.15) is 0 Å². The maximum absolute atomic E-state index is 4.26. The molecule has 0 N–H and O–H groups in total. The lowest BCUT2D eigenvalue weighted by atomic mass is 9.73. The molecular formula is C21H24N2. The van der Waals surface area contributed by atoms with Crippen LogP contribution in [0.3, 0.4) is 0 Å². The highest BCUT2D eigenvalue weighted by Gasteiger charge is 2.38. The van der Waals surface area contributed by atoms with Crippen molar-refractivity contribution >= 4 is 5.57 Å². The van der Waals surface area contributed by atoms with E-state index in [4.69, 9.17) is 0 Å². The van der Waals surface area contributed by atoms with Crippen molar-refractivity contribution < 1.29 is 0 Å². The van der Waals surface area contributed by atoms with Gasteiger partial charge in [0.05, 0.1) is 0 Å². The molecule has 2 heterocycles. The SMILES string of the molecule is C1=C(c2cccnc2)CC[C@]2(C1)CCN(Cc1ccccc1)C2. The average Bonchev–Trinajstić information content (AvgIpc) is 2.99. The minimum absolute atomic E-state index is 0.514. The Morgan fingerprint density at radius 1 is 1.04 bits per heavy atom. The summed E-state index contributed by atoms with van der Waals surface area (Å²) in [6.45, 7) is 3.59. The van der Waals surface area contributed by atoms with Crippen LogP contribution in [0, 0.1) is 5.41 Å². The zero-order valence-electron chi connectivity index (χ0n) is 13.6. The molecule has 1 spiro atoms. The van der Waals surface area contributed by atoms with E-state index in [9.17, 15) is 0 Å². The van der Waals surface area contributed by atoms with E-state index in [1.165, 1.54) is 55.5 Å². The van der Waals surface area contributed by atoms with E-state index in [0.29, 0.717) is 5.41 Å². The Bertz CT molecular complexity index is 678. The largest absolute Gasteiger partial charge is 0.298 e. The lowest BCUT2D eigenvalue weighted by molar-refractivity contribution is 0.235. The minimum atomic E-state index is 0.514. The smallest absolute Gasteiger partial charge is 0.0342 e. The molecule has 1 aromatic carbocycles. The molecule has 1 atom stereocenters. The van der Waals surface area contributed by atoms with Gasteiger partial charge < -0.3 is 0 Å². The van der Waals surface area contributed by atoms with E-state index in [1.54, 1.807) is 0 Å². The molecule has 1 saturated heterocycles. The number of hydrogen-bond donors (Lipinski definition) is 0. The van der Waals surface area contributed by atoms with Crippen LogP contribution in [0.2, 0.25) is 0 Å². The summed E-state index contributed by atoms with van der Waals surface area (Å²) in [6.07, 6.45) is 11.4. The molecule has 1 aromatic heterocycles.